The highest BCUT2D eigenvalue weighted by Crippen LogP contribution is 2.30. The molecule has 0 radical (unpaired) electrons. The number of carbonyl (C=O) groups excluding carboxylic acids is 1. The highest BCUT2D eigenvalue weighted by molar-refractivity contribution is 5.79. The molecule has 1 aliphatic heterocycles. The number of aryl methyl sites for hydroxylation is 1. The van der Waals surface area contributed by atoms with Crippen LogP contribution in [0.15, 0.2) is 24.3 Å². The number of hydrogen-bond acceptors (Lipinski definition) is 1. The van der Waals surface area contributed by atoms with E-state index in [2.05, 4.69) is 43.0 Å². The molecule has 0 spiro atoms. The van der Waals surface area contributed by atoms with Crippen molar-refractivity contribution in [2.45, 2.75) is 52.5 Å². The molecule has 1 saturated heterocycles. The zero-order valence-corrected chi connectivity index (χ0v) is 15.4. The van der Waals surface area contributed by atoms with Gasteiger partial charge in [-0.25, -0.2) is 0 Å². The fraction of sp³-hybridized carbons (Fsp3) is 0.667. The quantitative estimate of drug-likeness (QED) is 0.816. The number of nitrogens with zero attached hydrogens (tertiary/aromatic N) is 1. The first kappa shape index (κ1) is 17.5. The Bertz CT molecular complexity index is 527. The average molecular weight is 330 g/mol. The smallest absolute Gasteiger partial charge is 0.226 e. The van der Waals surface area contributed by atoms with Crippen molar-refractivity contribution in [1.29, 1.82) is 0 Å². The van der Waals surface area contributed by atoms with Crippen LogP contribution in [0.5, 0.6) is 0 Å². The second kappa shape index (κ2) is 8.15. The summed E-state index contributed by atoms with van der Waals surface area (Å²) in [5.41, 5.74) is 2.74. The molecule has 1 N–H and O–H groups in total. The Labute approximate surface area is 147 Å². The number of amides is 1. The number of benzene rings is 1. The Kier molecular flexibility index (Phi) is 5.94. The van der Waals surface area contributed by atoms with Gasteiger partial charge in [-0.15, -0.1) is 0 Å². The summed E-state index contributed by atoms with van der Waals surface area (Å²) in [4.78, 5) is 16.7. The molecule has 132 valence electrons. The molecule has 2 aliphatic rings. The van der Waals surface area contributed by atoms with Crippen molar-refractivity contribution in [3.05, 3.63) is 35.4 Å². The van der Waals surface area contributed by atoms with Crippen LogP contribution in [0.4, 0.5) is 0 Å². The summed E-state index contributed by atoms with van der Waals surface area (Å²) in [6.45, 7) is 9.65. The van der Waals surface area contributed by atoms with E-state index >= 15 is 0 Å². The molecule has 3 heteroatoms. The molecule has 1 aliphatic carbocycles. The lowest BCUT2D eigenvalue weighted by atomic mass is 9.94. The van der Waals surface area contributed by atoms with Crippen molar-refractivity contribution in [1.82, 2.24) is 4.90 Å². The van der Waals surface area contributed by atoms with E-state index in [1.807, 2.05) is 0 Å². The predicted molar refractivity (Wildman–Crippen MR) is 97.9 cm³/mol. The van der Waals surface area contributed by atoms with E-state index in [1.165, 1.54) is 24.0 Å². The van der Waals surface area contributed by atoms with Gasteiger partial charge in [0.05, 0.1) is 13.1 Å². The zero-order valence-electron chi connectivity index (χ0n) is 15.4. The van der Waals surface area contributed by atoms with Crippen LogP contribution in [-0.4, -0.2) is 37.0 Å². The van der Waals surface area contributed by atoms with Gasteiger partial charge in [0, 0.05) is 37.4 Å². The third kappa shape index (κ3) is 4.83. The number of quaternary nitrogens is 1. The first-order valence-electron chi connectivity index (χ1n) is 9.83. The van der Waals surface area contributed by atoms with Crippen molar-refractivity contribution in [2.24, 2.45) is 11.8 Å². The molecule has 2 fully saturated rings. The van der Waals surface area contributed by atoms with Gasteiger partial charge in [0.1, 0.15) is 6.54 Å². The largest absolute Gasteiger partial charge is 0.342 e. The summed E-state index contributed by atoms with van der Waals surface area (Å²) in [6.07, 6.45) is 5.85. The Morgan fingerprint density at radius 1 is 1.12 bits per heavy atom. The van der Waals surface area contributed by atoms with Crippen LogP contribution >= 0.6 is 0 Å². The Morgan fingerprint density at radius 3 is 2.38 bits per heavy atom. The number of piperidine rings is 1. The van der Waals surface area contributed by atoms with Gasteiger partial charge in [-0.3, -0.25) is 4.79 Å². The van der Waals surface area contributed by atoms with Crippen LogP contribution in [-0.2, 0) is 11.3 Å². The molecule has 3 rings (SSSR count). The molecule has 1 aromatic rings. The molecular weight excluding hydrogens is 296 g/mol. The number of hydrogen-bond donors (Lipinski definition) is 1. The fourth-order valence-electron chi connectivity index (χ4n) is 3.88. The maximum Gasteiger partial charge on any atom is 0.226 e. The van der Waals surface area contributed by atoms with Crippen molar-refractivity contribution in [3.8, 4) is 0 Å². The van der Waals surface area contributed by atoms with Crippen molar-refractivity contribution in [2.75, 3.05) is 26.2 Å². The van der Waals surface area contributed by atoms with E-state index < -0.39 is 0 Å². The average Bonchev–Trinajstić information content (AvgIpc) is 3.41. The first-order chi connectivity index (χ1) is 11.7. The maximum absolute atomic E-state index is 12.9. The fourth-order valence-corrected chi connectivity index (χ4v) is 3.88. The monoisotopic (exact) mass is 329 g/mol. The second-order valence-corrected chi connectivity index (χ2v) is 7.91. The van der Waals surface area contributed by atoms with Crippen LogP contribution in [0.2, 0.25) is 0 Å². The maximum atomic E-state index is 12.9. The zero-order chi connectivity index (χ0) is 16.9. The Morgan fingerprint density at radius 2 is 1.79 bits per heavy atom. The molecular formula is C21H33N2O+. The summed E-state index contributed by atoms with van der Waals surface area (Å²) in [6, 6.07) is 8.90. The summed E-state index contributed by atoms with van der Waals surface area (Å²) in [7, 11) is 0. The molecule has 0 unspecified atom stereocenters. The van der Waals surface area contributed by atoms with E-state index in [0.717, 1.165) is 57.9 Å². The lowest BCUT2D eigenvalue weighted by Crippen LogP contribution is -3.11. The van der Waals surface area contributed by atoms with E-state index in [9.17, 15) is 4.79 Å². The van der Waals surface area contributed by atoms with Gasteiger partial charge in [0.15, 0.2) is 0 Å². The minimum Gasteiger partial charge on any atom is -0.342 e. The topological polar surface area (TPSA) is 24.8 Å². The third-order valence-corrected chi connectivity index (χ3v) is 5.60. The van der Waals surface area contributed by atoms with Crippen molar-refractivity contribution < 1.29 is 9.69 Å². The molecule has 0 aromatic heterocycles. The van der Waals surface area contributed by atoms with Gasteiger partial charge in [0.25, 0.3) is 0 Å². The van der Waals surface area contributed by atoms with E-state index in [0.29, 0.717) is 5.91 Å². The Balaban J connectivity index is 1.48. The van der Waals surface area contributed by atoms with Crippen LogP contribution in [0, 0.1) is 18.8 Å². The van der Waals surface area contributed by atoms with E-state index in [-0.39, 0.29) is 5.92 Å². The van der Waals surface area contributed by atoms with Gasteiger partial charge in [-0.2, -0.15) is 0 Å². The molecule has 1 heterocycles. The second-order valence-electron chi connectivity index (χ2n) is 7.91. The van der Waals surface area contributed by atoms with Gasteiger partial charge in [-0.05, 0) is 32.1 Å². The number of carbonyl (C=O) groups is 1. The molecule has 0 atom stereocenters. The third-order valence-electron chi connectivity index (χ3n) is 5.60. The lowest BCUT2D eigenvalue weighted by molar-refractivity contribution is -0.919. The van der Waals surface area contributed by atoms with Crippen molar-refractivity contribution >= 4 is 5.91 Å². The van der Waals surface area contributed by atoms with E-state index in [4.69, 9.17) is 0 Å². The summed E-state index contributed by atoms with van der Waals surface area (Å²) in [5.74, 6) is 1.52. The number of likely N-dealkylation sites (tertiary alicyclic amines) is 1. The van der Waals surface area contributed by atoms with Crippen LogP contribution in [0.1, 0.15) is 50.2 Å². The number of nitrogens with one attached hydrogen (secondary N) is 1. The van der Waals surface area contributed by atoms with Crippen LogP contribution in [0.25, 0.3) is 0 Å². The highest BCUT2D eigenvalue weighted by Gasteiger charge is 2.33. The first-order valence-corrected chi connectivity index (χ1v) is 9.83. The molecule has 1 amide bonds. The minimum absolute atomic E-state index is 0.275. The summed E-state index contributed by atoms with van der Waals surface area (Å²) >= 11 is 0. The molecule has 3 nitrogen and oxygen atoms in total. The highest BCUT2D eigenvalue weighted by atomic mass is 16.2. The van der Waals surface area contributed by atoms with E-state index in [1.54, 1.807) is 4.90 Å². The molecule has 1 saturated carbocycles. The van der Waals surface area contributed by atoms with Gasteiger partial charge in [-0.1, -0.05) is 36.8 Å². The standard InChI is InChI=1S/C21H32N2O/c1-3-12-23(16-19-8-9-19)21(24)20-10-13-22(14-11-20)15-18-6-4-17(2)5-7-18/h4-7,19-20H,3,8-16H2,1-2H3/p+1. The van der Waals surface area contributed by atoms with Gasteiger partial charge < -0.3 is 9.80 Å². The van der Waals surface area contributed by atoms with Crippen molar-refractivity contribution in [3.63, 3.8) is 0 Å². The molecule has 24 heavy (non-hydrogen) atoms. The SMILES string of the molecule is CCCN(CC1CC1)C(=O)C1CC[NH+](Cc2ccc(C)cc2)CC1. The summed E-state index contributed by atoms with van der Waals surface area (Å²) < 4.78 is 0. The van der Waals surface area contributed by atoms with Crippen LogP contribution in [0.3, 0.4) is 0 Å². The van der Waals surface area contributed by atoms with Crippen LogP contribution < -0.4 is 4.90 Å². The van der Waals surface area contributed by atoms with Gasteiger partial charge >= 0.3 is 0 Å². The van der Waals surface area contributed by atoms with Gasteiger partial charge in [0.2, 0.25) is 5.91 Å². The molecule has 0 bridgehead atoms. The number of rotatable bonds is 7. The summed E-state index contributed by atoms with van der Waals surface area (Å²) in [5, 5.41) is 0. The lowest BCUT2D eigenvalue weighted by Gasteiger charge is -2.32. The Hall–Kier alpha value is -1.35. The normalized spacial score (nSPS) is 23.9. The molecule has 1 aromatic carbocycles. The predicted octanol–water partition coefficient (Wildman–Crippen LogP) is 2.44. The minimum atomic E-state index is 0.275.